The van der Waals surface area contributed by atoms with E-state index < -0.39 is 6.00 Å². The maximum atomic E-state index is 13.1. The first-order valence-electron chi connectivity index (χ1n) is 6.70. The maximum absolute atomic E-state index is 13.1. The summed E-state index contributed by atoms with van der Waals surface area (Å²) >= 11 is 19.0. The van der Waals surface area contributed by atoms with Crippen LogP contribution in [0.5, 0.6) is 0 Å². The molecule has 0 aromatic heterocycles. The molecule has 0 N–H and O–H groups in total. The number of fused-ring (bicyclic) bond motifs is 3. The molecule has 0 atom stereocenters. The van der Waals surface area contributed by atoms with Crippen molar-refractivity contribution in [1.29, 1.82) is 0 Å². The molecule has 3 aliphatic carbocycles. The Labute approximate surface area is 128 Å². The zero-order chi connectivity index (χ0) is 13.7. The van der Waals surface area contributed by atoms with Crippen molar-refractivity contribution in [3.05, 3.63) is 35.6 Å². The van der Waals surface area contributed by atoms with Crippen molar-refractivity contribution in [2.24, 2.45) is 0 Å². The molecule has 0 heterocycles. The molecule has 4 rings (SSSR count). The van der Waals surface area contributed by atoms with Crippen LogP contribution in [-0.4, -0.2) is 6.00 Å². The zero-order valence-electron chi connectivity index (χ0n) is 10.6. The van der Waals surface area contributed by atoms with Gasteiger partial charge in [0.05, 0.1) is 0 Å². The Kier molecular flexibility index (Phi) is 3.45. The molecule has 0 nitrogen and oxygen atoms in total. The lowest BCUT2D eigenvalue weighted by Gasteiger charge is -2.55. The minimum atomic E-state index is -2.65. The van der Waals surface area contributed by atoms with Gasteiger partial charge in [-0.2, -0.15) is 0 Å². The highest BCUT2D eigenvalue weighted by Gasteiger charge is 2.59. The van der Waals surface area contributed by atoms with Crippen molar-refractivity contribution in [1.82, 2.24) is 0 Å². The quantitative estimate of drug-likeness (QED) is 0.470. The number of hydrogen-bond acceptors (Lipinski definition) is 0. The molecule has 0 radical (unpaired) electrons. The van der Waals surface area contributed by atoms with Crippen LogP contribution < -0.4 is 0 Å². The Hall–Kier alpha value is 0.237. The summed E-state index contributed by atoms with van der Waals surface area (Å²) in [6.07, 6.45) is 6.23. The molecule has 19 heavy (non-hydrogen) atoms. The smallest absolute Gasteiger partial charge is 0.207 e. The van der Waals surface area contributed by atoms with Gasteiger partial charge in [-0.3, -0.25) is 0 Å². The largest absolute Gasteiger partial charge is 0.347 e. The van der Waals surface area contributed by atoms with E-state index in [1.807, 2.05) is 12.1 Å². The Bertz CT molecular complexity index is 456. The van der Waals surface area contributed by atoms with Gasteiger partial charge in [0.1, 0.15) is 5.82 Å². The first kappa shape index (κ1) is 14.2. The summed E-state index contributed by atoms with van der Waals surface area (Å²) in [4.78, 5) is 0. The highest BCUT2D eigenvalue weighted by atomic mass is 35.8. The van der Waals surface area contributed by atoms with E-state index in [2.05, 4.69) is 0 Å². The SMILES string of the molecule is Fc1ccc(C23CCC([Si](Cl)(Cl)Cl)(CC2)CC3)cc1. The van der Waals surface area contributed by atoms with Crippen molar-refractivity contribution < 1.29 is 4.39 Å². The van der Waals surface area contributed by atoms with Crippen molar-refractivity contribution in [3.63, 3.8) is 0 Å². The molecule has 0 aliphatic heterocycles. The summed E-state index contributed by atoms with van der Waals surface area (Å²) in [5.41, 5.74) is 1.45. The summed E-state index contributed by atoms with van der Waals surface area (Å²) in [7, 11) is 0. The molecule has 3 saturated carbocycles. The van der Waals surface area contributed by atoms with Gasteiger partial charge in [0.2, 0.25) is 0 Å². The Morgan fingerprint density at radius 2 is 1.32 bits per heavy atom. The summed E-state index contributed by atoms with van der Waals surface area (Å²) in [5, 5.41) is -0.0144. The lowest BCUT2D eigenvalue weighted by molar-refractivity contribution is 0.145. The Morgan fingerprint density at radius 3 is 1.74 bits per heavy atom. The van der Waals surface area contributed by atoms with E-state index in [-0.39, 0.29) is 16.3 Å². The number of hydrogen-bond donors (Lipinski definition) is 0. The predicted molar refractivity (Wildman–Crippen MR) is 81.8 cm³/mol. The minimum Gasteiger partial charge on any atom is -0.207 e. The molecule has 1 aromatic rings. The van der Waals surface area contributed by atoms with Crippen molar-refractivity contribution in [2.45, 2.75) is 49.0 Å². The van der Waals surface area contributed by atoms with Crippen LogP contribution in [0.3, 0.4) is 0 Å². The molecule has 2 bridgehead atoms. The topological polar surface area (TPSA) is 0 Å². The zero-order valence-corrected chi connectivity index (χ0v) is 13.8. The van der Waals surface area contributed by atoms with Gasteiger partial charge in [0, 0.05) is 5.04 Å². The predicted octanol–water partition coefficient (Wildman–Crippen LogP) is 5.83. The fraction of sp³-hybridized carbons (Fsp3) is 0.571. The van der Waals surface area contributed by atoms with Gasteiger partial charge in [-0.25, -0.2) is 4.39 Å². The van der Waals surface area contributed by atoms with Gasteiger partial charge in [-0.05, 0) is 61.6 Å². The van der Waals surface area contributed by atoms with E-state index in [4.69, 9.17) is 33.2 Å². The molecule has 0 unspecified atom stereocenters. The summed E-state index contributed by atoms with van der Waals surface area (Å²) in [6.45, 7) is 0. The van der Waals surface area contributed by atoms with Gasteiger partial charge in [-0.15, -0.1) is 33.2 Å². The fourth-order valence-electron chi connectivity index (χ4n) is 3.85. The van der Waals surface area contributed by atoms with Crippen molar-refractivity contribution in [2.75, 3.05) is 0 Å². The third-order valence-electron chi connectivity index (χ3n) is 5.30. The van der Waals surface area contributed by atoms with Crippen LogP contribution in [0.4, 0.5) is 4.39 Å². The van der Waals surface area contributed by atoms with Crippen molar-refractivity contribution in [3.8, 4) is 0 Å². The average Bonchev–Trinajstić information content (AvgIpc) is 2.40. The third kappa shape index (κ3) is 2.25. The Morgan fingerprint density at radius 1 is 0.842 bits per heavy atom. The Balaban J connectivity index is 1.87. The first-order valence-corrected chi connectivity index (χ1v) is 11.7. The monoisotopic (exact) mass is 336 g/mol. The fourth-order valence-corrected chi connectivity index (χ4v) is 7.62. The first-order chi connectivity index (χ1) is 8.87. The van der Waals surface area contributed by atoms with Gasteiger partial charge >= 0.3 is 6.00 Å². The summed E-state index contributed by atoms with van der Waals surface area (Å²) in [6, 6.07) is 4.33. The van der Waals surface area contributed by atoms with Crippen LogP contribution in [0.2, 0.25) is 5.04 Å². The van der Waals surface area contributed by atoms with Crippen molar-refractivity contribution >= 4 is 39.2 Å². The average molecular weight is 338 g/mol. The highest BCUT2D eigenvalue weighted by molar-refractivity contribution is 7.65. The second-order valence-corrected chi connectivity index (χ2v) is 15.0. The maximum Gasteiger partial charge on any atom is 0.347 e. The van der Waals surface area contributed by atoms with E-state index in [9.17, 15) is 4.39 Å². The second-order valence-electron chi connectivity index (χ2n) is 6.07. The van der Waals surface area contributed by atoms with Gasteiger partial charge < -0.3 is 0 Å². The molecular weight excluding hydrogens is 322 g/mol. The number of rotatable bonds is 2. The van der Waals surface area contributed by atoms with E-state index in [1.54, 1.807) is 12.1 Å². The lowest BCUT2D eigenvalue weighted by atomic mass is 9.57. The number of halogens is 4. The van der Waals surface area contributed by atoms with Crippen LogP contribution in [0, 0.1) is 5.82 Å². The van der Waals surface area contributed by atoms with Crippen LogP contribution in [0.1, 0.15) is 44.1 Å². The highest BCUT2D eigenvalue weighted by Crippen LogP contribution is 2.67. The summed E-state index contributed by atoms with van der Waals surface area (Å²) < 4.78 is 13.1. The molecule has 0 saturated heterocycles. The third-order valence-corrected chi connectivity index (χ3v) is 10.9. The van der Waals surface area contributed by atoms with E-state index in [1.165, 1.54) is 5.56 Å². The summed E-state index contributed by atoms with van der Waals surface area (Å²) in [5.74, 6) is -0.171. The normalized spacial score (nSPS) is 34.5. The lowest BCUT2D eigenvalue weighted by Crippen LogP contribution is -2.47. The molecule has 0 spiro atoms. The van der Waals surface area contributed by atoms with E-state index in [0.29, 0.717) is 0 Å². The van der Waals surface area contributed by atoms with Crippen LogP contribution in [0.15, 0.2) is 24.3 Å². The minimum absolute atomic E-state index is 0.0144. The number of benzene rings is 1. The van der Waals surface area contributed by atoms with Crippen LogP contribution >= 0.6 is 33.2 Å². The van der Waals surface area contributed by atoms with Gasteiger partial charge in [0.15, 0.2) is 0 Å². The molecule has 1 aromatic carbocycles. The second kappa shape index (κ2) is 4.62. The molecule has 0 amide bonds. The molecule has 104 valence electrons. The van der Waals surface area contributed by atoms with E-state index >= 15 is 0 Å². The molecule has 3 fully saturated rings. The van der Waals surface area contributed by atoms with Gasteiger partial charge in [0.25, 0.3) is 0 Å². The van der Waals surface area contributed by atoms with Gasteiger partial charge in [-0.1, -0.05) is 12.1 Å². The van der Waals surface area contributed by atoms with Crippen LogP contribution in [-0.2, 0) is 5.41 Å². The van der Waals surface area contributed by atoms with E-state index in [0.717, 1.165) is 38.5 Å². The standard InChI is InChI=1S/C14H16Cl3FSi/c15-19(16,17)14-8-5-13(6-9-14,7-10-14)11-1-3-12(18)4-2-11/h1-4H,5-10H2. The molecular formula is C14H16Cl3FSi. The molecule has 5 heteroatoms. The van der Waals surface area contributed by atoms with Crippen LogP contribution in [0.25, 0.3) is 0 Å². The molecule has 3 aliphatic rings.